The third kappa shape index (κ3) is 3.32. The quantitative estimate of drug-likeness (QED) is 0.861. The largest absolute Gasteiger partial charge is 0.481 e. The summed E-state index contributed by atoms with van der Waals surface area (Å²) in [6.07, 6.45) is 1.32. The van der Waals surface area contributed by atoms with Crippen LogP contribution in [0.1, 0.15) is 38.2 Å². The van der Waals surface area contributed by atoms with Crippen molar-refractivity contribution in [2.24, 2.45) is 0 Å². The molecular weight excluding hydrogens is 252 g/mol. The predicted molar refractivity (Wildman–Crippen MR) is 69.5 cm³/mol. The molecule has 100 valence electrons. The molecule has 0 aliphatic carbocycles. The van der Waals surface area contributed by atoms with Crippen LogP contribution in [0.2, 0.25) is 0 Å². The Kier molecular flexibility index (Phi) is 4.90. The number of aliphatic carboxylic acids is 1. The van der Waals surface area contributed by atoms with Gasteiger partial charge < -0.3 is 5.11 Å². The van der Waals surface area contributed by atoms with Crippen molar-refractivity contribution in [3.05, 3.63) is 29.8 Å². The minimum Gasteiger partial charge on any atom is -0.481 e. The van der Waals surface area contributed by atoms with Gasteiger partial charge in [-0.15, -0.1) is 0 Å². The second-order valence-corrected chi connectivity index (χ2v) is 6.43. The van der Waals surface area contributed by atoms with Crippen LogP contribution in [0.3, 0.4) is 0 Å². The molecule has 1 atom stereocenters. The molecule has 0 radical (unpaired) electrons. The number of hydrogen-bond acceptors (Lipinski definition) is 3. The molecule has 5 heteroatoms. The number of carboxylic acid groups (broad SMARTS) is 1. The van der Waals surface area contributed by atoms with Gasteiger partial charge >= 0.3 is 5.97 Å². The van der Waals surface area contributed by atoms with E-state index in [1.165, 1.54) is 12.1 Å². The van der Waals surface area contributed by atoms with Crippen molar-refractivity contribution in [2.45, 2.75) is 37.5 Å². The normalized spacial score (nSPS) is 13.2. The first-order valence-electron chi connectivity index (χ1n) is 5.98. The van der Waals surface area contributed by atoms with Crippen LogP contribution in [0.15, 0.2) is 29.2 Å². The Labute approximate surface area is 108 Å². The van der Waals surface area contributed by atoms with Crippen LogP contribution in [0.25, 0.3) is 0 Å². The van der Waals surface area contributed by atoms with Crippen molar-refractivity contribution >= 4 is 15.8 Å². The van der Waals surface area contributed by atoms with E-state index >= 15 is 0 Å². The molecule has 0 heterocycles. The molecule has 1 unspecified atom stereocenters. The van der Waals surface area contributed by atoms with Crippen molar-refractivity contribution in [2.75, 3.05) is 5.75 Å². The lowest BCUT2D eigenvalue weighted by molar-refractivity contribution is -0.139. The summed E-state index contributed by atoms with van der Waals surface area (Å²) < 4.78 is 23.3. The van der Waals surface area contributed by atoms with Crippen LogP contribution in [0, 0.1) is 0 Å². The van der Waals surface area contributed by atoms with E-state index < -0.39 is 21.7 Å². The van der Waals surface area contributed by atoms with Crippen molar-refractivity contribution in [1.82, 2.24) is 0 Å². The van der Waals surface area contributed by atoms with Gasteiger partial charge in [-0.25, -0.2) is 8.42 Å². The summed E-state index contributed by atoms with van der Waals surface area (Å²) >= 11 is 0. The smallest absolute Gasteiger partial charge is 0.310 e. The summed E-state index contributed by atoms with van der Waals surface area (Å²) in [5.74, 6) is -1.39. The molecule has 0 aliphatic heterocycles. The Balaban J connectivity index is 3.05. The molecule has 0 aromatic heterocycles. The summed E-state index contributed by atoms with van der Waals surface area (Å²) in [4.78, 5) is 11.4. The van der Waals surface area contributed by atoms with Gasteiger partial charge in [-0.1, -0.05) is 32.4 Å². The molecule has 0 bridgehead atoms. The average Bonchev–Trinajstić information content (AvgIpc) is 2.36. The number of rotatable bonds is 6. The fraction of sp³-hybridized carbons (Fsp3) is 0.462. The van der Waals surface area contributed by atoms with Gasteiger partial charge in [0.25, 0.3) is 0 Å². The lowest BCUT2D eigenvalue weighted by Crippen LogP contribution is -2.11. The lowest BCUT2D eigenvalue weighted by atomic mass is 9.95. The molecule has 1 rings (SSSR count). The molecule has 0 spiro atoms. The van der Waals surface area contributed by atoms with Gasteiger partial charge in [0.1, 0.15) is 0 Å². The summed E-state index contributed by atoms with van der Waals surface area (Å²) in [5, 5.41) is 9.11. The molecule has 0 amide bonds. The van der Waals surface area contributed by atoms with Gasteiger partial charge in [-0.2, -0.15) is 0 Å². The number of hydrogen-bond donors (Lipinski definition) is 1. The maximum atomic E-state index is 11.6. The first kappa shape index (κ1) is 14.7. The molecule has 0 fully saturated rings. The zero-order chi connectivity index (χ0) is 13.8. The molecule has 0 saturated heterocycles. The fourth-order valence-electron chi connectivity index (χ4n) is 1.80. The Bertz CT molecular complexity index is 502. The topological polar surface area (TPSA) is 71.4 Å². The zero-order valence-corrected chi connectivity index (χ0v) is 11.4. The van der Waals surface area contributed by atoms with Crippen molar-refractivity contribution in [1.29, 1.82) is 0 Å². The Hall–Kier alpha value is -1.36. The maximum Gasteiger partial charge on any atom is 0.310 e. The van der Waals surface area contributed by atoms with Crippen LogP contribution in [0.4, 0.5) is 0 Å². The van der Waals surface area contributed by atoms with Crippen molar-refractivity contribution < 1.29 is 18.3 Å². The highest BCUT2D eigenvalue weighted by molar-refractivity contribution is 7.91. The molecule has 1 N–H and O–H groups in total. The molecule has 0 saturated carbocycles. The lowest BCUT2D eigenvalue weighted by Gasteiger charge is -2.12. The fourth-order valence-corrected chi connectivity index (χ4v) is 2.68. The third-order valence-corrected chi connectivity index (χ3v) is 4.65. The summed E-state index contributed by atoms with van der Waals surface area (Å²) in [5.41, 5.74) is 0.652. The Morgan fingerprint density at radius 2 is 1.78 bits per heavy atom. The monoisotopic (exact) mass is 270 g/mol. The number of carbonyl (C=O) groups is 1. The SMILES string of the molecule is CCCC(C(=O)O)c1ccc(S(=O)(=O)CC)cc1. The van der Waals surface area contributed by atoms with E-state index in [4.69, 9.17) is 5.11 Å². The highest BCUT2D eigenvalue weighted by Crippen LogP contribution is 2.23. The maximum absolute atomic E-state index is 11.6. The average molecular weight is 270 g/mol. The van der Waals surface area contributed by atoms with Gasteiger partial charge in [0, 0.05) is 0 Å². The molecular formula is C13H18O4S. The van der Waals surface area contributed by atoms with E-state index in [1.54, 1.807) is 19.1 Å². The highest BCUT2D eigenvalue weighted by Gasteiger charge is 2.19. The van der Waals surface area contributed by atoms with Gasteiger partial charge in [0.15, 0.2) is 9.84 Å². The minimum absolute atomic E-state index is 0.0453. The Morgan fingerprint density at radius 1 is 1.22 bits per heavy atom. The summed E-state index contributed by atoms with van der Waals surface area (Å²) in [6.45, 7) is 3.51. The van der Waals surface area contributed by atoms with Crippen molar-refractivity contribution in [3.8, 4) is 0 Å². The van der Waals surface area contributed by atoms with Crippen LogP contribution in [0.5, 0.6) is 0 Å². The van der Waals surface area contributed by atoms with E-state index in [0.717, 1.165) is 6.42 Å². The van der Waals surface area contributed by atoms with E-state index in [1.807, 2.05) is 6.92 Å². The van der Waals surface area contributed by atoms with E-state index in [0.29, 0.717) is 12.0 Å². The second kappa shape index (κ2) is 6.00. The zero-order valence-electron chi connectivity index (χ0n) is 10.6. The third-order valence-electron chi connectivity index (χ3n) is 2.90. The van der Waals surface area contributed by atoms with Crippen LogP contribution >= 0.6 is 0 Å². The molecule has 18 heavy (non-hydrogen) atoms. The minimum atomic E-state index is -3.22. The number of benzene rings is 1. The van der Waals surface area contributed by atoms with Crippen LogP contribution in [-0.2, 0) is 14.6 Å². The highest BCUT2D eigenvalue weighted by atomic mass is 32.2. The second-order valence-electron chi connectivity index (χ2n) is 4.15. The molecule has 1 aromatic carbocycles. The molecule has 4 nitrogen and oxygen atoms in total. The Morgan fingerprint density at radius 3 is 2.17 bits per heavy atom. The predicted octanol–water partition coefficient (Wildman–Crippen LogP) is 2.45. The van der Waals surface area contributed by atoms with Crippen molar-refractivity contribution in [3.63, 3.8) is 0 Å². The number of carboxylic acids is 1. The summed E-state index contributed by atoms with van der Waals surface area (Å²) in [6, 6.07) is 6.16. The van der Waals surface area contributed by atoms with Gasteiger partial charge in [0.05, 0.1) is 16.6 Å². The standard InChI is InChI=1S/C13H18O4S/c1-3-5-12(13(14)15)10-6-8-11(9-7-10)18(16,17)4-2/h6-9,12H,3-5H2,1-2H3,(H,14,15). The first-order chi connectivity index (χ1) is 8.42. The van der Waals surface area contributed by atoms with Gasteiger partial charge in [-0.3, -0.25) is 4.79 Å². The van der Waals surface area contributed by atoms with Crippen LogP contribution < -0.4 is 0 Å². The van der Waals surface area contributed by atoms with Crippen LogP contribution in [-0.4, -0.2) is 25.2 Å². The van der Waals surface area contributed by atoms with E-state index in [9.17, 15) is 13.2 Å². The van der Waals surface area contributed by atoms with E-state index in [-0.39, 0.29) is 10.6 Å². The molecule has 0 aliphatic rings. The summed E-state index contributed by atoms with van der Waals surface area (Å²) in [7, 11) is -3.22. The van der Waals surface area contributed by atoms with E-state index in [2.05, 4.69) is 0 Å². The first-order valence-corrected chi connectivity index (χ1v) is 7.63. The number of sulfone groups is 1. The van der Waals surface area contributed by atoms with Gasteiger partial charge in [0.2, 0.25) is 0 Å². The molecule has 1 aromatic rings. The van der Waals surface area contributed by atoms with Gasteiger partial charge in [-0.05, 0) is 24.1 Å².